The lowest BCUT2D eigenvalue weighted by molar-refractivity contribution is -0.115. The van der Waals surface area contributed by atoms with E-state index >= 15 is 0 Å². The topological polar surface area (TPSA) is 46.6 Å². The van der Waals surface area contributed by atoms with Gasteiger partial charge in [-0.25, -0.2) is 4.79 Å². The van der Waals surface area contributed by atoms with Crippen LogP contribution < -0.4 is 0 Å². The van der Waals surface area contributed by atoms with Gasteiger partial charge in [0.05, 0.1) is 6.04 Å². The van der Waals surface area contributed by atoms with Gasteiger partial charge < -0.3 is 4.74 Å². The Labute approximate surface area is 138 Å². The first-order valence-electron chi connectivity index (χ1n) is 6.73. The molecule has 0 radical (unpaired) electrons. The van der Waals surface area contributed by atoms with Gasteiger partial charge in [0.2, 0.25) is 3.79 Å². The zero-order chi connectivity index (χ0) is 15.6. The summed E-state index contributed by atoms with van der Waals surface area (Å²) < 4.78 is 3.39. The summed E-state index contributed by atoms with van der Waals surface area (Å²) in [6.07, 6.45) is 6.40. The predicted molar refractivity (Wildman–Crippen MR) is 82.8 cm³/mol. The van der Waals surface area contributed by atoms with Gasteiger partial charge in [-0.2, -0.15) is 0 Å². The highest BCUT2D eigenvalue weighted by molar-refractivity contribution is 6.67. The molecule has 0 aromatic carbocycles. The number of alkyl halides is 3. The molecule has 116 valence electrons. The van der Waals surface area contributed by atoms with Crippen LogP contribution in [0.1, 0.15) is 19.8 Å². The van der Waals surface area contributed by atoms with Crippen molar-refractivity contribution in [2.45, 2.75) is 29.6 Å². The molecule has 0 fully saturated rings. The van der Waals surface area contributed by atoms with E-state index in [1.54, 1.807) is 6.92 Å². The molecular weight excluding hydrogens is 337 g/mol. The van der Waals surface area contributed by atoms with Crippen LogP contribution in [0.3, 0.4) is 0 Å². The molecule has 4 nitrogen and oxygen atoms in total. The second kappa shape index (κ2) is 6.59. The minimum Gasteiger partial charge on any atom is -0.445 e. The van der Waals surface area contributed by atoms with E-state index in [1.165, 1.54) is 4.90 Å². The Morgan fingerprint density at radius 2 is 2.10 bits per heavy atom. The first-order valence-corrected chi connectivity index (χ1v) is 7.87. The van der Waals surface area contributed by atoms with E-state index in [1.807, 2.05) is 18.2 Å². The molecule has 7 heteroatoms. The third-order valence-electron chi connectivity index (χ3n) is 3.53. The van der Waals surface area contributed by atoms with E-state index < -0.39 is 9.89 Å². The Morgan fingerprint density at radius 1 is 1.38 bits per heavy atom. The molecule has 2 unspecified atom stereocenters. The number of ether oxygens (including phenoxy) is 1. The number of halogens is 3. The number of rotatable bonds is 3. The number of allylic oxidation sites excluding steroid dienone is 1. The summed E-state index contributed by atoms with van der Waals surface area (Å²) >= 11 is 16.8. The highest BCUT2D eigenvalue weighted by Gasteiger charge is 2.36. The molecule has 0 aromatic heterocycles. The van der Waals surface area contributed by atoms with Crippen molar-refractivity contribution in [3.8, 4) is 0 Å². The van der Waals surface area contributed by atoms with E-state index in [0.717, 1.165) is 6.42 Å². The lowest BCUT2D eigenvalue weighted by atomic mass is 9.98. The van der Waals surface area contributed by atoms with Crippen molar-refractivity contribution in [3.63, 3.8) is 0 Å². The Morgan fingerprint density at radius 3 is 2.71 bits per heavy atom. The SMILES string of the molecule is CCC(=O)C1=CCC2C=CC1N(C(=O)OCC(Cl)(Cl)Cl)C2. The van der Waals surface area contributed by atoms with E-state index in [2.05, 4.69) is 0 Å². The molecular formula is C14H16Cl3NO3. The Bertz CT molecular complexity index is 496. The van der Waals surface area contributed by atoms with Crippen molar-refractivity contribution in [2.24, 2.45) is 5.92 Å². The van der Waals surface area contributed by atoms with Gasteiger partial charge in [0.1, 0.15) is 6.61 Å². The van der Waals surface area contributed by atoms with Gasteiger partial charge in [-0.1, -0.05) is 60.0 Å². The van der Waals surface area contributed by atoms with Crippen molar-refractivity contribution in [1.82, 2.24) is 4.90 Å². The second-order valence-electron chi connectivity index (χ2n) is 5.08. The summed E-state index contributed by atoms with van der Waals surface area (Å²) in [5.74, 6) is 0.218. The molecule has 2 bridgehead atoms. The number of carbonyl (C=O) groups excluding carboxylic acids is 2. The maximum absolute atomic E-state index is 12.2. The molecule has 0 saturated carbocycles. The summed E-state index contributed by atoms with van der Waals surface area (Å²) in [5.41, 5.74) is 0.639. The molecule has 1 amide bonds. The van der Waals surface area contributed by atoms with E-state index in [9.17, 15) is 9.59 Å². The summed E-state index contributed by atoms with van der Waals surface area (Å²) in [7, 11) is 0. The third kappa shape index (κ3) is 4.15. The molecule has 2 atom stereocenters. The number of hydrogen-bond donors (Lipinski definition) is 0. The fourth-order valence-corrected chi connectivity index (χ4v) is 2.68. The Kier molecular flexibility index (Phi) is 5.23. The van der Waals surface area contributed by atoms with Crippen LogP contribution in [0.2, 0.25) is 0 Å². The van der Waals surface area contributed by atoms with Crippen LogP contribution in [0.15, 0.2) is 23.8 Å². The minimum absolute atomic E-state index is 0.0337. The van der Waals surface area contributed by atoms with Gasteiger partial charge in [-0.3, -0.25) is 9.69 Å². The van der Waals surface area contributed by atoms with E-state index in [-0.39, 0.29) is 24.3 Å². The smallest absolute Gasteiger partial charge is 0.410 e. The molecule has 0 N–H and O–H groups in total. The lowest BCUT2D eigenvalue weighted by Crippen LogP contribution is -2.46. The number of fused-ring (bicyclic) bond motifs is 2. The van der Waals surface area contributed by atoms with Crippen LogP contribution in [0, 0.1) is 5.92 Å². The lowest BCUT2D eigenvalue weighted by Gasteiger charge is -2.33. The van der Waals surface area contributed by atoms with Gasteiger partial charge in [-0.15, -0.1) is 0 Å². The molecule has 21 heavy (non-hydrogen) atoms. The van der Waals surface area contributed by atoms with Crippen molar-refractivity contribution < 1.29 is 14.3 Å². The van der Waals surface area contributed by atoms with Crippen molar-refractivity contribution >= 4 is 46.7 Å². The third-order valence-corrected chi connectivity index (χ3v) is 3.86. The minimum atomic E-state index is -1.64. The standard InChI is InChI=1S/C14H16Cl3NO3/c1-2-12(19)10-5-3-9-4-6-11(10)18(7-9)13(20)21-8-14(15,16)17/h4-6,9,11H,2-3,7-8H2,1H3. The number of nitrogens with zero attached hydrogens (tertiary/aromatic N) is 1. The van der Waals surface area contributed by atoms with Crippen molar-refractivity contribution in [2.75, 3.05) is 13.2 Å². The molecule has 2 aliphatic heterocycles. The number of hydrogen-bond acceptors (Lipinski definition) is 3. The molecule has 2 heterocycles. The fraction of sp³-hybridized carbons (Fsp3) is 0.571. The highest BCUT2D eigenvalue weighted by atomic mass is 35.6. The van der Waals surface area contributed by atoms with Crippen molar-refractivity contribution in [1.29, 1.82) is 0 Å². The summed E-state index contributed by atoms with van der Waals surface area (Å²) in [6.45, 7) is 1.97. The summed E-state index contributed by atoms with van der Waals surface area (Å²) in [6, 6.07) is -0.390. The average Bonchev–Trinajstić information content (AvgIpc) is 2.74. The van der Waals surface area contributed by atoms with Crippen LogP contribution in [0.25, 0.3) is 0 Å². The van der Waals surface area contributed by atoms with Gasteiger partial charge in [-0.05, 0) is 12.3 Å². The van der Waals surface area contributed by atoms with Gasteiger partial charge in [0, 0.05) is 18.5 Å². The highest BCUT2D eigenvalue weighted by Crippen LogP contribution is 2.31. The van der Waals surface area contributed by atoms with Crippen LogP contribution in [-0.2, 0) is 9.53 Å². The molecule has 3 rings (SSSR count). The second-order valence-corrected chi connectivity index (χ2v) is 7.60. The molecule has 3 aliphatic rings. The zero-order valence-corrected chi connectivity index (χ0v) is 13.8. The Balaban J connectivity index is 2.14. The van der Waals surface area contributed by atoms with Crippen LogP contribution in [0.5, 0.6) is 0 Å². The van der Waals surface area contributed by atoms with Crippen LogP contribution in [0.4, 0.5) is 4.79 Å². The maximum Gasteiger partial charge on any atom is 0.410 e. The van der Waals surface area contributed by atoms with Gasteiger partial charge >= 0.3 is 6.09 Å². The molecule has 0 saturated heterocycles. The summed E-state index contributed by atoms with van der Waals surface area (Å²) in [4.78, 5) is 25.8. The fourth-order valence-electron chi connectivity index (χ4n) is 2.51. The Hall–Kier alpha value is -0.710. The first-order chi connectivity index (χ1) is 9.81. The van der Waals surface area contributed by atoms with Crippen LogP contribution >= 0.6 is 34.8 Å². The van der Waals surface area contributed by atoms with E-state index in [0.29, 0.717) is 18.5 Å². The average molecular weight is 353 g/mol. The number of Topliss-reactive ketones (excluding diaryl/α,β-unsaturated/α-hetero) is 1. The predicted octanol–water partition coefficient (Wildman–Crippen LogP) is 3.66. The normalized spacial score (nSPS) is 24.6. The number of amides is 1. The first kappa shape index (κ1) is 16.7. The number of ketones is 1. The zero-order valence-electron chi connectivity index (χ0n) is 11.5. The number of carbonyl (C=O) groups is 2. The van der Waals surface area contributed by atoms with Gasteiger partial charge in [0.25, 0.3) is 0 Å². The van der Waals surface area contributed by atoms with Gasteiger partial charge in [0.15, 0.2) is 5.78 Å². The van der Waals surface area contributed by atoms with Crippen LogP contribution in [-0.4, -0.2) is 39.8 Å². The largest absolute Gasteiger partial charge is 0.445 e. The molecule has 0 aromatic rings. The maximum atomic E-state index is 12.2. The molecule has 0 spiro atoms. The molecule has 1 aliphatic carbocycles. The van der Waals surface area contributed by atoms with E-state index in [4.69, 9.17) is 39.5 Å². The summed E-state index contributed by atoms with van der Waals surface area (Å²) in [5, 5.41) is 0. The quantitative estimate of drug-likeness (QED) is 0.575. The van der Waals surface area contributed by atoms with Crippen molar-refractivity contribution in [3.05, 3.63) is 23.8 Å². The monoisotopic (exact) mass is 351 g/mol.